The highest BCUT2D eigenvalue weighted by Crippen LogP contribution is 1.98. The van der Waals surface area contributed by atoms with Crippen molar-refractivity contribution in [2.24, 2.45) is 0 Å². The van der Waals surface area contributed by atoms with E-state index < -0.39 is 0 Å². The van der Waals surface area contributed by atoms with Crippen LogP contribution in [0.15, 0.2) is 12.7 Å². The van der Waals surface area contributed by atoms with Gasteiger partial charge in [-0.2, -0.15) is 0 Å². The maximum absolute atomic E-state index is 10.6. The Hall–Kier alpha value is -0.830. The van der Waals surface area contributed by atoms with Gasteiger partial charge in [-0.05, 0) is 0 Å². The van der Waals surface area contributed by atoms with E-state index in [0.29, 0.717) is 6.61 Å². The van der Waals surface area contributed by atoms with Gasteiger partial charge < -0.3 is 10.1 Å². The number of carbonyl (C=O) groups excluding carboxylic acids is 1. The lowest BCUT2D eigenvalue weighted by molar-refractivity contribution is -0.141. The largest absolute Gasteiger partial charge is 0.460 e. The number of ether oxygens (including phenoxy) is 1. The monoisotopic (exact) mass is 127 g/mol. The first-order chi connectivity index (χ1) is 4.34. The molecule has 50 valence electrons. The van der Waals surface area contributed by atoms with E-state index >= 15 is 0 Å². The summed E-state index contributed by atoms with van der Waals surface area (Å²) in [4.78, 5) is 10.6. The second-order valence-electron chi connectivity index (χ2n) is 1.88. The van der Waals surface area contributed by atoms with Crippen LogP contribution in [0.5, 0.6) is 0 Å². The van der Waals surface area contributed by atoms with Gasteiger partial charge in [0.15, 0.2) is 0 Å². The molecule has 0 aliphatic carbocycles. The molecule has 1 saturated heterocycles. The van der Waals surface area contributed by atoms with E-state index in [9.17, 15) is 4.79 Å². The minimum Gasteiger partial charge on any atom is -0.460 e. The molecular formula is C6H9NO2. The summed E-state index contributed by atoms with van der Waals surface area (Å²) in [5, 5.41) is 2.83. The van der Waals surface area contributed by atoms with Crippen LogP contribution in [0.1, 0.15) is 0 Å². The van der Waals surface area contributed by atoms with Gasteiger partial charge in [0, 0.05) is 6.54 Å². The van der Waals surface area contributed by atoms with Gasteiger partial charge in [-0.3, -0.25) is 4.79 Å². The molecule has 1 N–H and O–H groups in total. The molecule has 0 aromatic carbocycles. The predicted octanol–water partition coefficient (Wildman–Crippen LogP) is -0.313. The zero-order valence-corrected chi connectivity index (χ0v) is 5.09. The van der Waals surface area contributed by atoms with Crippen molar-refractivity contribution in [1.29, 1.82) is 0 Å². The van der Waals surface area contributed by atoms with Crippen LogP contribution in [0.3, 0.4) is 0 Å². The van der Waals surface area contributed by atoms with Crippen molar-refractivity contribution in [1.82, 2.24) is 5.32 Å². The topological polar surface area (TPSA) is 48.2 Å². The number of hydrogen-bond donors (Lipinski definition) is 1. The van der Waals surface area contributed by atoms with Gasteiger partial charge in [0.25, 0.3) is 0 Å². The molecule has 3 nitrogen and oxygen atoms in total. The SMILES string of the molecule is C=CCOC(=O)C1CN1. The van der Waals surface area contributed by atoms with E-state index in [1.807, 2.05) is 0 Å². The second-order valence-corrected chi connectivity index (χ2v) is 1.88. The molecule has 1 atom stereocenters. The quantitative estimate of drug-likeness (QED) is 0.321. The fourth-order valence-electron chi connectivity index (χ4n) is 0.467. The summed E-state index contributed by atoms with van der Waals surface area (Å²) in [7, 11) is 0. The number of esters is 1. The molecular weight excluding hydrogens is 118 g/mol. The van der Waals surface area contributed by atoms with E-state index in [4.69, 9.17) is 4.74 Å². The third-order valence-electron chi connectivity index (χ3n) is 1.04. The molecule has 0 amide bonds. The van der Waals surface area contributed by atoms with Crippen LogP contribution in [-0.4, -0.2) is 25.2 Å². The summed E-state index contributed by atoms with van der Waals surface area (Å²) in [6, 6.07) is -0.0371. The first kappa shape index (κ1) is 6.29. The van der Waals surface area contributed by atoms with Gasteiger partial charge in [0.2, 0.25) is 0 Å². The average molecular weight is 127 g/mol. The molecule has 1 aliphatic heterocycles. The summed E-state index contributed by atoms with van der Waals surface area (Å²) in [6.45, 7) is 4.49. The van der Waals surface area contributed by atoms with Crippen LogP contribution in [0.2, 0.25) is 0 Å². The summed E-state index contributed by atoms with van der Waals surface area (Å²) < 4.78 is 4.70. The average Bonchev–Trinajstić information content (AvgIpc) is 2.63. The molecule has 1 rings (SSSR count). The lowest BCUT2D eigenvalue weighted by Gasteiger charge is -1.95. The maximum Gasteiger partial charge on any atom is 0.324 e. The Bertz CT molecular complexity index is 129. The van der Waals surface area contributed by atoms with Crippen molar-refractivity contribution in [2.45, 2.75) is 6.04 Å². The third kappa shape index (κ3) is 1.85. The van der Waals surface area contributed by atoms with E-state index in [1.54, 1.807) is 6.08 Å². The van der Waals surface area contributed by atoms with Crippen LogP contribution in [0.4, 0.5) is 0 Å². The fourth-order valence-corrected chi connectivity index (χ4v) is 0.467. The van der Waals surface area contributed by atoms with Crippen molar-refractivity contribution < 1.29 is 9.53 Å². The van der Waals surface area contributed by atoms with Gasteiger partial charge in [0.1, 0.15) is 12.6 Å². The number of carbonyl (C=O) groups is 1. The van der Waals surface area contributed by atoms with Crippen molar-refractivity contribution in [2.75, 3.05) is 13.2 Å². The molecule has 1 fully saturated rings. The molecule has 0 aromatic rings. The first-order valence-corrected chi connectivity index (χ1v) is 2.85. The smallest absolute Gasteiger partial charge is 0.324 e. The Morgan fingerprint density at radius 3 is 3.11 bits per heavy atom. The van der Waals surface area contributed by atoms with Crippen LogP contribution < -0.4 is 5.32 Å². The molecule has 1 aliphatic rings. The Morgan fingerprint density at radius 2 is 2.67 bits per heavy atom. The van der Waals surface area contributed by atoms with Crippen LogP contribution in [0.25, 0.3) is 0 Å². The normalized spacial score (nSPS) is 22.9. The zero-order valence-electron chi connectivity index (χ0n) is 5.09. The van der Waals surface area contributed by atoms with Crippen molar-refractivity contribution in [3.63, 3.8) is 0 Å². The minimum atomic E-state index is -0.171. The summed E-state index contributed by atoms with van der Waals surface area (Å²) in [6.07, 6.45) is 1.56. The van der Waals surface area contributed by atoms with Gasteiger partial charge >= 0.3 is 5.97 Å². The standard InChI is InChI=1S/C6H9NO2/c1-2-3-9-6(8)5-4-7-5/h2,5,7H,1,3-4H2. The van der Waals surface area contributed by atoms with Crippen LogP contribution in [0, 0.1) is 0 Å². The third-order valence-corrected chi connectivity index (χ3v) is 1.04. The van der Waals surface area contributed by atoms with Crippen molar-refractivity contribution in [3.05, 3.63) is 12.7 Å². The molecule has 1 heterocycles. The lowest BCUT2D eigenvalue weighted by atomic mass is 10.5. The Labute approximate surface area is 53.7 Å². The van der Waals surface area contributed by atoms with E-state index in [-0.39, 0.29) is 12.0 Å². The molecule has 9 heavy (non-hydrogen) atoms. The van der Waals surface area contributed by atoms with Crippen molar-refractivity contribution in [3.8, 4) is 0 Å². The second kappa shape index (κ2) is 2.64. The molecule has 0 radical (unpaired) electrons. The summed E-state index contributed by atoms with van der Waals surface area (Å²) >= 11 is 0. The fraction of sp³-hybridized carbons (Fsp3) is 0.500. The highest BCUT2D eigenvalue weighted by atomic mass is 16.5. The van der Waals surface area contributed by atoms with E-state index in [1.165, 1.54) is 0 Å². The first-order valence-electron chi connectivity index (χ1n) is 2.85. The van der Waals surface area contributed by atoms with Gasteiger partial charge in [-0.25, -0.2) is 0 Å². The molecule has 1 unspecified atom stereocenters. The van der Waals surface area contributed by atoms with Gasteiger partial charge in [-0.1, -0.05) is 12.7 Å². The lowest BCUT2D eigenvalue weighted by Crippen LogP contribution is -2.13. The predicted molar refractivity (Wildman–Crippen MR) is 32.9 cm³/mol. The van der Waals surface area contributed by atoms with Crippen molar-refractivity contribution >= 4 is 5.97 Å². The van der Waals surface area contributed by atoms with Gasteiger partial charge in [0.05, 0.1) is 0 Å². The maximum atomic E-state index is 10.6. The number of rotatable bonds is 3. The molecule has 3 heteroatoms. The van der Waals surface area contributed by atoms with Gasteiger partial charge in [-0.15, -0.1) is 0 Å². The molecule has 0 bridgehead atoms. The Balaban J connectivity index is 2.10. The zero-order chi connectivity index (χ0) is 6.69. The summed E-state index contributed by atoms with van der Waals surface area (Å²) in [5.41, 5.74) is 0. The highest BCUT2D eigenvalue weighted by Gasteiger charge is 2.29. The number of nitrogens with one attached hydrogen (secondary N) is 1. The summed E-state index contributed by atoms with van der Waals surface area (Å²) in [5.74, 6) is -0.171. The minimum absolute atomic E-state index is 0.0371. The van der Waals surface area contributed by atoms with Crippen LogP contribution in [-0.2, 0) is 9.53 Å². The number of hydrogen-bond acceptors (Lipinski definition) is 3. The van der Waals surface area contributed by atoms with Crippen LogP contribution >= 0.6 is 0 Å². The Kier molecular flexibility index (Phi) is 1.85. The molecule has 0 spiro atoms. The molecule has 0 aromatic heterocycles. The van der Waals surface area contributed by atoms with E-state index in [0.717, 1.165) is 6.54 Å². The Morgan fingerprint density at radius 1 is 2.00 bits per heavy atom. The van der Waals surface area contributed by atoms with E-state index in [2.05, 4.69) is 11.9 Å². The molecule has 0 saturated carbocycles. The highest BCUT2D eigenvalue weighted by molar-refractivity contribution is 5.79.